The molecule has 2 aromatic carbocycles. The lowest BCUT2D eigenvalue weighted by molar-refractivity contribution is -0.135. The average molecular weight is 384 g/mol. The van der Waals surface area contributed by atoms with Gasteiger partial charge in [0.2, 0.25) is 0 Å². The van der Waals surface area contributed by atoms with Crippen molar-refractivity contribution in [3.8, 4) is 5.75 Å². The summed E-state index contributed by atoms with van der Waals surface area (Å²) in [5, 5.41) is 3.20. The minimum absolute atomic E-state index is 0.166. The molecule has 2 bridgehead atoms. The fourth-order valence-electron chi connectivity index (χ4n) is 4.46. The molecule has 1 N–H and O–H groups in total. The Hall–Kier alpha value is -2.33. The number of anilines is 1. The van der Waals surface area contributed by atoms with E-state index in [4.69, 9.17) is 16.3 Å². The number of nitrogens with one attached hydrogen (secondary N) is 1. The van der Waals surface area contributed by atoms with Gasteiger partial charge in [-0.3, -0.25) is 9.59 Å². The van der Waals surface area contributed by atoms with Crippen LogP contribution in [0.5, 0.6) is 5.75 Å². The van der Waals surface area contributed by atoms with Crippen LogP contribution in [0.1, 0.15) is 42.5 Å². The number of ether oxygens (including phenoxy) is 1. The molecular weight excluding hydrogens is 362 g/mol. The number of amides is 1. The first kappa shape index (κ1) is 18.1. The van der Waals surface area contributed by atoms with Gasteiger partial charge in [0, 0.05) is 12.1 Å². The molecule has 0 aromatic heterocycles. The molecule has 2 aliphatic rings. The summed E-state index contributed by atoms with van der Waals surface area (Å²) < 4.78 is 5.47. The van der Waals surface area contributed by atoms with Crippen LogP contribution in [-0.4, -0.2) is 11.9 Å². The number of halogens is 1. The number of benzene rings is 2. The number of carbonyl (C=O) groups is 2. The highest BCUT2D eigenvalue weighted by Gasteiger charge is 2.40. The van der Waals surface area contributed by atoms with E-state index in [1.54, 1.807) is 48.5 Å². The Morgan fingerprint density at radius 2 is 1.81 bits per heavy atom. The lowest BCUT2D eigenvalue weighted by Gasteiger charge is -2.20. The van der Waals surface area contributed by atoms with Gasteiger partial charge in [0.25, 0.3) is 5.91 Å². The summed E-state index contributed by atoms with van der Waals surface area (Å²) in [6.45, 7) is 0. The van der Waals surface area contributed by atoms with Crippen molar-refractivity contribution in [2.45, 2.75) is 32.1 Å². The molecule has 3 atom stereocenters. The molecule has 4 nitrogen and oxygen atoms in total. The Morgan fingerprint density at radius 1 is 1.04 bits per heavy atom. The predicted octanol–water partition coefficient (Wildman–Crippen LogP) is 5.32. The third-order valence-corrected chi connectivity index (χ3v) is 6.11. The fraction of sp³-hybridized carbons (Fsp3) is 0.364. The summed E-state index contributed by atoms with van der Waals surface area (Å²) in [7, 11) is 0. The predicted molar refractivity (Wildman–Crippen MR) is 105 cm³/mol. The van der Waals surface area contributed by atoms with E-state index in [1.165, 1.54) is 25.7 Å². The summed E-state index contributed by atoms with van der Waals surface area (Å²) in [4.78, 5) is 24.5. The molecule has 4 rings (SSSR count). The number of hydrogen-bond donors (Lipinski definition) is 1. The van der Waals surface area contributed by atoms with Gasteiger partial charge in [-0.25, -0.2) is 0 Å². The largest absolute Gasteiger partial charge is 0.427 e. The van der Waals surface area contributed by atoms with Gasteiger partial charge < -0.3 is 10.1 Å². The van der Waals surface area contributed by atoms with Crippen LogP contribution in [0.3, 0.4) is 0 Å². The number of rotatable bonds is 5. The van der Waals surface area contributed by atoms with Gasteiger partial charge in [-0.1, -0.05) is 30.2 Å². The van der Waals surface area contributed by atoms with E-state index in [0.717, 1.165) is 5.92 Å². The highest BCUT2D eigenvalue weighted by Crippen LogP contribution is 2.49. The maximum absolute atomic E-state index is 12.3. The molecule has 0 heterocycles. The van der Waals surface area contributed by atoms with Gasteiger partial charge in [0.1, 0.15) is 5.75 Å². The zero-order valence-electron chi connectivity index (χ0n) is 15.0. The Morgan fingerprint density at radius 3 is 2.48 bits per heavy atom. The molecule has 3 unspecified atom stereocenters. The van der Waals surface area contributed by atoms with Crippen LogP contribution in [0.25, 0.3) is 0 Å². The SMILES string of the molecule is O=C(CC1CC2CCC1C2)Oc1ccc(NC(=O)c2ccccc2Cl)cc1. The lowest BCUT2D eigenvalue weighted by Crippen LogP contribution is -2.18. The molecule has 2 aliphatic carbocycles. The fourth-order valence-corrected chi connectivity index (χ4v) is 4.69. The van der Waals surface area contributed by atoms with E-state index in [0.29, 0.717) is 40.3 Å². The van der Waals surface area contributed by atoms with Crippen molar-refractivity contribution in [2.75, 3.05) is 5.32 Å². The van der Waals surface area contributed by atoms with Crippen LogP contribution in [0.4, 0.5) is 5.69 Å². The van der Waals surface area contributed by atoms with Crippen LogP contribution in [0.2, 0.25) is 5.02 Å². The minimum atomic E-state index is -0.276. The molecular formula is C22H22ClNO3. The molecule has 140 valence electrons. The van der Waals surface area contributed by atoms with Gasteiger partial charge in [0.15, 0.2) is 0 Å². The summed E-state index contributed by atoms with van der Waals surface area (Å²) in [6.07, 6.45) is 5.57. The van der Waals surface area contributed by atoms with Crippen molar-refractivity contribution in [3.63, 3.8) is 0 Å². The average Bonchev–Trinajstić information content (AvgIpc) is 3.26. The lowest BCUT2D eigenvalue weighted by atomic mass is 9.86. The van der Waals surface area contributed by atoms with Gasteiger partial charge in [-0.2, -0.15) is 0 Å². The van der Waals surface area contributed by atoms with E-state index in [-0.39, 0.29) is 11.9 Å². The highest BCUT2D eigenvalue weighted by molar-refractivity contribution is 6.34. The molecule has 0 spiro atoms. The zero-order valence-corrected chi connectivity index (χ0v) is 15.7. The van der Waals surface area contributed by atoms with Crippen LogP contribution in [0, 0.1) is 17.8 Å². The van der Waals surface area contributed by atoms with Crippen molar-refractivity contribution in [1.82, 2.24) is 0 Å². The normalized spacial score (nSPS) is 23.2. The molecule has 0 radical (unpaired) electrons. The second-order valence-corrected chi connectivity index (χ2v) is 7.98. The van der Waals surface area contributed by atoms with E-state index >= 15 is 0 Å². The molecule has 5 heteroatoms. The molecule has 2 fully saturated rings. The van der Waals surface area contributed by atoms with E-state index in [2.05, 4.69) is 5.32 Å². The first-order chi connectivity index (χ1) is 13.1. The van der Waals surface area contributed by atoms with E-state index in [1.807, 2.05) is 0 Å². The molecule has 1 amide bonds. The van der Waals surface area contributed by atoms with Crippen molar-refractivity contribution in [1.29, 1.82) is 0 Å². The zero-order chi connectivity index (χ0) is 18.8. The first-order valence-corrected chi connectivity index (χ1v) is 9.83. The molecule has 2 aromatic rings. The number of fused-ring (bicyclic) bond motifs is 2. The highest BCUT2D eigenvalue weighted by atomic mass is 35.5. The van der Waals surface area contributed by atoms with Gasteiger partial charge in [0.05, 0.1) is 10.6 Å². The van der Waals surface area contributed by atoms with Crippen molar-refractivity contribution in [2.24, 2.45) is 17.8 Å². The monoisotopic (exact) mass is 383 g/mol. The van der Waals surface area contributed by atoms with Crippen LogP contribution in [0.15, 0.2) is 48.5 Å². The Kier molecular flexibility index (Phi) is 5.17. The topological polar surface area (TPSA) is 55.4 Å². The second kappa shape index (κ2) is 7.73. The third kappa shape index (κ3) is 4.16. The van der Waals surface area contributed by atoms with Crippen molar-refractivity contribution in [3.05, 3.63) is 59.1 Å². The minimum Gasteiger partial charge on any atom is -0.427 e. The van der Waals surface area contributed by atoms with Crippen molar-refractivity contribution >= 4 is 29.2 Å². The van der Waals surface area contributed by atoms with E-state index in [9.17, 15) is 9.59 Å². The third-order valence-electron chi connectivity index (χ3n) is 5.78. The number of carbonyl (C=O) groups excluding carboxylic acids is 2. The van der Waals surface area contributed by atoms with Gasteiger partial charge in [-0.15, -0.1) is 0 Å². The van der Waals surface area contributed by atoms with Crippen LogP contribution in [-0.2, 0) is 4.79 Å². The van der Waals surface area contributed by atoms with Gasteiger partial charge >= 0.3 is 5.97 Å². The maximum atomic E-state index is 12.3. The number of esters is 1. The molecule has 2 saturated carbocycles. The molecule has 0 aliphatic heterocycles. The standard InChI is InChI=1S/C22H22ClNO3/c23-20-4-2-1-3-19(20)22(26)24-17-7-9-18(10-8-17)27-21(25)13-16-12-14-5-6-15(16)11-14/h1-4,7-10,14-16H,5-6,11-13H2,(H,24,26). The summed E-state index contributed by atoms with van der Waals surface area (Å²) in [6, 6.07) is 13.7. The molecule has 0 saturated heterocycles. The Bertz CT molecular complexity index is 849. The molecule has 27 heavy (non-hydrogen) atoms. The van der Waals surface area contributed by atoms with Crippen molar-refractivity contribution < 1.29 is 14.3 Å². The second-order valence-electron chi connectivity index (χ2n) is 7.57. The number of hydrogen-bond acceptors (Lipinski definition) is 3. The summed E-state index contributed by atoms with van der Waals surface area (Å²) >= 11 is 6.04. The Balaban J connectivity index is 1.31. The van der Waals surface area contributed by atoms with Crippen LogP contribution >= 0.6 is 11.6 Å². The first-order valence-electron chi connectivity index (χ1n) is 9.45. The summed E-state index contributed by atoms with van der Waals surface area (Å²) in [5.41, 5.74) is 1.04. The smallest absolute Gasteiger partial charge is 0.311 e. The summed E-state index contributed by atoms with van der Waals surface area (Å²) in [5.74, 6) is 2.09. The van der Waals surface area contributed by atoms with E-state index < -0.39 is 0 Å². The van der Waals surface area contributed by atoms with Crippen LogP contribution < -0.4 is 10.1 Å². The Labute approximate surface area is 163 Å². The van der Waals surface area contributed by atoms with Gasteiger partial charge in [-0.05, 0) is 73.4 Å². The quantitative estimate of drug-likeness (QED) is 0.561. The maximum Gasteiger partial charge on any atom is 0.311 e.